The zero-order chi connectivity index (χ0) is 11.5. The molecule has 0 fully saturated rings. The lowest BCUT2D eigenvalue weighted by molar-refractivity contribution is -0.153. The van der Waals surface area contributed by atoms with Crippen LogP contribution >= 0.6 is 0 Å². The fourth-order valence-electron chi connectivity index (χ4n) is 0.815. The fourth-order valence-corrected chi connectivity index (χ4v) is 0.815. The molecule has 0 aliphatic heterocycles. The third kappa shape index (κ3) is 3.34. The van der Waals surface area contributed by atoms with Crippen LogP contribution in [-0.2, 0) is 0 Å². The summed E-state index contributed by atoms with van der Waals surface area (Å²) in [4.78, 5) is 3.55. The molecule has 1 aromatic rings. The van der Waals surface area contributed by atoms with E-state index in [0.29, 0.717) is 0 Å². The molecule has 2 N–H and O–H groups in total. The Labute approximate surface area is 83.1 Å². The van der Waals surface area contributed by atoms with Crippen molar-refractivity contribution in [3.05, 3.63) is 17.8 Å². The van der Waals surface area contributed by atoms with E-state index in [2.05, 4.69) is 9.72 Å². The van der Waals surface area contributed by atoms with Crippen LogP contribution in [0.1, 0.15) is 5.56 Å². The Bertz CT molecular complexity index is 397. The van der Waals surface area contributed by atoms with Gasteiger partial charge in [0.05, 0.1) is 6.20 Å². The van der Waals surface area contributed by atoms with Gasteiger partial charge in [-0.15, -0.1) is 0 Å². The molecule has 0 unspecified atom stereocenters. The van der Waals surface area contributed by atoms with Crippen molar-refractivity contribution in [3.63, 3.8) is 0 Å². The minimum Gasteiger partial charge on any atom is -0.483 e. The average Bonchev–Trinajstić information content (AvgIpc) is 2.14. The number of nitrogen functional groups attached to an aromatic ring is 1. The van der Waals surface area contributed by atoms with Gasteiger partial charge in [-0.2, -0.15) is 18.4 Å². The monoisotopic (exact) mass is 217 g/mol. The van der Waals surface area contributed by atoms with E-state index < -0.39 is 12.8 Å². The SMILES string of the molecule is N#Cc1cnc(N)cc1OCC(F)(F)F. The Morgan fingerprint density at radius 2 is 2.20 bits per heavy atom. The number of hydrogen-bond donors (Lipinski definition) is 1. The second kappa shape index (κ2) is 4.04. The van der Waals surface area contributed by atoms with E-state index in [4.69, 9.17) is 11.0 Å². The molecular formula is C8H6F3N3O. The number of hydrogen-bond acceptors (Lipinski definition) is 4. The summed E-state index contributed by atoms with van der Waals surface area (Å²) in [6.07, 6.45) is -3.40. The summed E-state index contributed by atoms with van der Waals surface area (Å²) >= 11 is 0. The largest absolute Gasteiger partial charge is 0.483 e. The molecule has 0 aliphatic carbocycles. The van der Waals surface area contributed by atoms with E-state index >= 15 is 0 Å². The predicted octanol–water partition coefficient (Wildman–Crippen LogP) is 1.48. The number of pyridine rings is 1. The molecule has 0 spiro atoms. The van der Waals surface area contributed by atoms with Gasteiger partial charge in [0.15, 0.2) is 6.61 Å². The molecule has 0 saturated heterocycles. The number of rotatable bonds is 2. The second-order valence-corrected chi connectivity index (χ2v) is 2.62. The van der Waals surface area contributed by atoms with Crippen molar-refractivity contribution in [2.75, 3.05) is 12.3 Å². The van der Waals surface area contributed by atoms with Gasteiger partial charge in [-0.1, -0.05) is 0 Å². The highest BCUT2D eigenvalue weighted by atomic mass is 19.4. The number of halogens is 3. The molecule has 1 heterocycles. The summed E-state index contributed by atoms with van der Waals surface area (Å²) in [5, 5.41) is 8.55. The first-order valence-corrected chi connectivity index (χ1v) is 3.77. The maximum atomic E-state index is 11.8. The molecule has 7 heteroatoms. The van der Waals surface area contributed by atoms with E-state index in [9.17, 15) is 13.2 Å². The average molecular weight is 217 g/mol. The molecular weight excluding hydrogens is 211 g/mol. The molecule has 0 aliphatic rings. The normalized spacial score (nSPS) is 10.8. The standard InChI is InChI=1S/C8H6F3N3O/c9-8(10,11)4-15-6-1-7(13)14-3-5(6)2-12/h1,3H,4H2,(H2,13,14). The lowest BCUT2D eigenvalue weighted by Crippen LogP contribution is -2.19. The van der Waals surface area contributed by atoms with Crippen molar-refractivity contribution in [1.82, 2.24) is 4.98 Å². The third-order valence-electron chi connectivity index (χ3n) is 1.40. The van der Waals surface area contributed by atoms with Crippen molar-refractivity contribution >= 4 is 5.82 Å². The first-order chi connectivity index (χ1) is 6.92. The van der Waals surface area contributed by atoms with E-state index in [1.165, 1.54) is 0 Å². The smallest absolute Gasteiger partial charge is 0.422 e. The van der Waals surface area contributed by atoms with Gasteiger partial charge in [-0.3, -0.25) is 0 Å². The van der Waals surface area contributed by atoms with Gasteiger partial charge in [0, 0.05) is 6.07 Å². The molecule has 0 radical (unpaired) electrons. The van der Waals surface area contributed by atoms with E-state index in [1.54, 1.807) is 6.07 Å². The maximum Gasteiger partial charge on any atom is 0.422 e. The fraction of sp³-hybridized carbons (Fsp3) is 0.250. The maximum absolute atomic E-state index is 11.8. The molecule has 1 aromatic heterocycles. The topological polar surface area (TPSA) is 71.9 Å². The lowest BCUT2D eigenvalue weighted by atomic mass is 10.3. The minimum absolute atomic E-state index is 0.00817. The molecule has 1 rings (SSSR count). The van der Waals surface area contributed by atoms with Gasteiger partial charge < -0.3 is 10.5 Å². The van der Waals surface area contributed by atoms with Crippen LogP contribution in [0, 0.1) is 11.3 Å². The molecule has 0 aromatic carbocycles. The molecule has 0 amide bonds. The Morgan fingerprint density at radius 3 is 2.73 bits per heavy atom. The van der Waals surface area contributed by atoms with E-state index in [1.807, 2.05) is 0 Å². The van der Waals surface area contributed by atoms with E-state index in [-0.39, 0.29) is 17.1 Å². The van der Waals surface area contributed by atoms with Crippen molar-refractivity contribution in [3.8, 4) is 11.8 Å². The first-order valence-electron chi connectivity index (χ1n) is 3.77. The number of nitrogens with zero attached hydrogens (tertiary/aromatic N) is 2. The van der Waals surface area contributed by atoms with Crippen LogP contribution in [0.15, 0.2) is 12.3 Å². The zero-order valence-electron chi connectivity index (χ0n) is 7.38. The van der Waals surface area contributed by atoms with Gasteiger partial charge in [0.1, 0.15) is 23.2 Å². The summed E-state index contributed by atoms with van der Waals surface area (Å²) in [5.74, 6) is -0.228. The summed E-state index contributed by atoms with van der Waals surface area (Å²) in [6.45, 7) is -1.47. The quantitative estimate of drug-likeness (QED) is 0.814. The van der Waals surface area contributed by atoms with Crippen molar-refractivity contribution in [2.45, 2.75) is 6.18 Å². The Hall–Kier alpha value is -1.97. The zero-order valence-corrected chi connectivity index (χ0v) is 7.38. The highest BCUT2D eigenvalue weighted by Crippen LogP contribution is 2.22. The van der Waals surface area contributed by atoms with Crippen LogP contribution in [0.5, 0.6) is 5.75 Å². The number of alkyl halides is 3. The number of aromatic nitrogens is 1. The van der Waals surface area contributed by atoms with Gasteiger partial charge >= 0.3 is 6.18 Å². The first kappa shape index (κ1) is 11.1. The van der Waals surface area contributed by atoms with E-state index in [0.717, 1.165) is 12.3 Å². The lowest BCUT2D eigenvalue weighted by Gasteiger charge is -2.10. The van der Waals surface area contributed by atoms with Crippen LogP contribution in [0.4, 0.5) is 19.0 Å². The van der Waals surface area contributed by atoms with Gasteiger partial charge in [0.25, 0.3) is 0 Å². The Balaban J connectivity index is 2.85. The second-order valence-electron chi connectivity index (χ2n) is 2.62. The highest BCUT2D eigenvalue weighted by Gasteiger charge is 2.28. The van der Waals surface area contributed by atoms with Crippen LogP contribution in [-0.4, -0.2) is 17.8 Å². The van der Waals surface area contributed by atoms with Crippen molar-refractivity contribution < 1.29 is 17.9 Å². The summed E-state index contributed by atoms with van der Waals surface area (Å²) in [7, 11) is 0. The molecule has 0 atom stereocenters. The summed E-state index contributed by atoms with van der Waals surface area (Å²) in [5.41, 5.74) is 5.15. The Morgan fingerprint density at radius 1 is 1.53 bits per heavy atom. The van der Waals surface area contributed by atoms with Crippen molar-refractivity contribution in [2.24, 2.45) is 0 Å². The van der Waals surface area contributed by atoms with Crippen LogP contribution in [0.2, 0.25) is 0 Å². The molecule has 80 valence electrons. The highest BCUT2D eigenvalue weighted by molar-refractivity contribution is 5.47. The number of anilines is 1. The third-order valence-corrected chi connectivity index (χ3v) is 1.40. The summed E-state index contributed by atoms with van der Waals surface area (Å²) < 4.78 is 39.9. The van der Waals surface area contributed by atoms with Crippen molar-refractivity contribution in [1.29, 1.82) is 5.26 Å². The van der Waals surface area contributed by atoms with Crippen LogP contribution < -0.4 is 10.5 Å². The van der Waals surface area contributed by atoms with Gasteiger partial charge in [-0.05, 0) is 0 Å². The number of ether oxygens (including phenoxy) is 1. The minimum atomic E-state index is -4.45. The van der Waals surface area contributed by atoms with Crippen LogP contribution in [0.25, 0.3) is 0 Å². The number of nitrogens with two attached hydrogens (primary N) is 1. The van der Waals surface area contributed by atoms with Crippen LogP contribution in [0.3, 0.4) is 0 Å². The molecule has 15 heavy (non-hydrogen) atoms. The van der Waals surface area contributed by atoms with Gasteiger partial charge in [-0.25, -0.2) is 4.98 Å². The molecule has 0 bridgehead atoms. The molecule has 0 saturated carbocycles. The van der Waals surface area contributed by atoms with Gasteiger partial charge in [0.2, 0.25) is 0 Å². The number of nitriles is 1. The Kier molecular flexibility index (Phi) is 2.99. The molecule has 4 nitrogen and oxygen atoms in total. The predicted molar refractivity (Wildman–Crippen MR) is 44.9 cm³/mol. The summed E-state index contributed by atoms with van der Waals surface area (Å²) in [6, 6.07) is 2.72.